The molecule has 1 N–H and O–H groups in total. The molecule has 0 spiro atoms. The Morgan fingerprint density at radius 1 is 1.04 bits per heavy atom. The van der Waals surface area contributed by atoms with Gasteiger partial charge in [-0.15, -0.1) is 10.2 Å². The molecule has 24 heavy (non-hydrogen) atoms. The smallest absolute Gasteiger partial charge is 0.156 e. The first-order valence-corrected chi connectivity index (χ1v) is 8.87. The lowest BCUT2D eigenvalue weighted by Gasteiger charge is -2.28. The van der Waals surface area contributed by atoms with Crippen LogP contribution >= 0.6 is 0 Å². The van der Waals surface area contributed by atoms with Gasteiger partial charge in [0, 0.05) is 22.4 Å². The minimum absolute atomic E-state index is 0.419. The van der Waals surface area contributed by atoms with Gasteiger partial charge in [-0.25, -0.2) is 0 Å². The van der Waals surface area contributed by atoms with E-state index < -0.39 is 0 Å². The van der Waals surface area contributed by atoms with Gasteiger partial charge in [-0.3, -0.25) is 0 Å². The highest BCUT2D eigenvalue weighted by Crippen LogP contribution is 2.32. The van der Waals surface area contributed by atoms with Crippen molar-refractivity contribution in [2.24, 2.45) is 5.92 Å². The fourth-order valence-electron chi connectivity index (χ4n) is 3.79. The number of hydrogen-bond donors (Lipinski definition) is 1. The molecule has 1 aliphatic carbocycles. The molecule has 4 rings (SSSR count). The van der Waals surface area contributed by atoms with Crippen LogP contribution in [0.2, 0.25) is 0 Å². The number of hydrogen-bond acceptors (Lipinski definition) is 4. The summed E-state index contributed by atoms with van der Waals surface area (Å²) in [5.74, 6) is 1.61. The summed E-state index contributed by atoms with van der Waals surface area (Å²) in [5, 5.41) is 14.8. The van der Waals surface area contributed by atoms with Crippen molar-refractivity contribution in [3.63, 3.8) is 0 Å². The van der Waals surface area contributed by atoms with Crippen molar-refractivity contribution >= 4 is 16.6 Å². The average Bonchev–Trinajstić information content (AvgIpc) is 3.17. The molecular formula is C20H23N3O. The maximum Gasteiger partial charge on any atom is 0.156 e. The predicted molar refractivity (Wildman–Crippen MR) is 96.9 cm³/mol. The second-order valence-electron chi connectivity index (χ2n) is 6.79. The molecule has 4 nitrogen and oxygen atoms in total. The van der Waals surface area contributed by atoms with Gasteiger partial charge in [-0.2, -0.15) is 0 Å². The van der Waals surface area contributed by atoms with Crippen molar-refractivity contribution in [3.8, 4) is 11.3 Å². The van der Waals surface area contributed by atoms with E-state index in [1.54, 1.807) is 12.5 Å². The Morgan fingerprint density at radius 3 is 2.58 bits per heavy atom. The average molecular weight is 321 g/mol. The number of anilines is 1. The van der Waals surface area contributed by atoms with E-state index in [2.05, 4.69) is 40.6 Å². The van der Waals surface area contributed by atoms with E-state index in [1.165, 1.54) is 32.1 Å². The van der Waals surface area contributed by atoms with Gasteiger partial charge in [-0.1, -0.05) is 43.5 Å². The van der Waals surface area contributed by atoms with E-state index in [1.807, 2.05) is 12.1 Å². The zero-order valence-electron chi connectivity index (χ0n) is 14.0. The van der Waals surface area contributed by atoms with E-state index in [9.17, 15) is 0 Å². The van der Waals surface area contributed by atoms with Crippen LogP contribution in [0.25, 0.3) is 22.0 Å². The summed E-state index contributed by atoms with van der Waals surface area (Å²) < 4.78 is 5.21. The third kappa shape index (κ3) is 2.88. The fraction of sp³-hybridized carbons (Fsp3) is 0.400. The fourth-order valence-corrected chi connectivity index (χ4v) is 3.79. The molecule has 1 unspecified atom stereocenters. The number of rotatable bonds is 4. The highest BCUT2D eigenvalue weighted by Gasteiger charge is 2.21. The van der Waals surface area contributed by atoms with Crippen LogP contribution in [0.5, 0.6) is 0 Å². The van der Waals surface area contributed by atoms with Crippen LogP contribution in [0.1, 0.15) is 39.0 Å². The molecule has 1 aliphatic rings. The summed E-state index contributed by atoms with van der Waals surface area (Å²) in [6.45, 7) is 2.27. The summed E-state index contributed by atoms with van der Waals surface area (Å²) in [6.07, 6.45) is 10.1. The molecule has 2 aromatic heterocycles. The molecule has 1 saturated carbocycles. The van der Waals surface area contributed by atoms with Crippen LogP contribution in [0.15, 0.2) is 47.3 Å². The third-order valence-electron chi connectivity index (χ3n) is 5.20. The quantitative estimate of drug-likeness (QED) is 0.711. The lowest BCUT2D eigenvalue weighted by atomic mass is 9.84. The summed E-state index contributed by atoms with van der Waals surface area (Å²) in [6, 6.07) is 10.7. The number of furan rings is 1. The second kappa shape index (κ2) is 6.63. The zero-order valence-corrected chi connectivity index (χ0v) is 14.0. The largest absolute Gasteiger partial charge is 0.472 e. The maximum absolute atomic E-state index is 5.21. The van der Waals surface area contributed by atoms with E-state index in [-0.39, 0.29) is 0 Å². The van der Waals surface area contributed by atoms with Crippen LogP contribution in [-0.2, 0) is 0 Å². The van der Waals surface area contributed by atoms with E-state index in [0.29, 0.717) is 6.04 Å². The van der Waals surface area contributed by atoms with Crippen molar-refractivity contribution in [3.05, 3.63) is 42.9 Å². The standard InChI is InChI=1S/C20H23N3O/c1-14(15-7-3-2-4-8-15)21-20-18-10-6-5-9-17(18)19(22-23-20)16-11-12-24-13-16/h5-6,9-15H,2-4,7-8H2,1H3,(H,21,23). The number of nitrogens with zero attached hydrogens (tertiary/aromatic N) is 2. The Labute approximate surface area is 142 Å². The van der Waals surface area contributed by atoms with Crippen molar-refractivity contribution in [1.29, 1.82) is 0 Å². The van der Waals surface area contributed by atoms with Gasteiger partial charge in [-0.05, 0) is 31.7 Å². The van der Waals surface area contributed by atoms with Crippen molar-refractivity contribution in [1.82, 2.24) is 10.2 Å². The van der Waals surface area contributed by atoms with Gasteiger partial charge < -0.3 is 9.73 Å². The van der Waals surface area contributed by atoms with E-state index >= 15 is 0 Å². The van der Waals surface area contributed by atoms with Crippen molar-refractivity contribution in [2.45, 2.75) is 45.1 Å². The normalized spacial score (nSPS) is 17.0. The Balaban J connectivity index is 1.68. The number of nitrogens with one attached hydrogen (secondary N) is 1. The Morgan fingerprint density at radius 2 is 1.83 bits per heavy atom. The SMILES string of the molecule is CC(Nc1nnc(-c2ccoc2)c2ccccc12)C1CCCCC1. The highest BCUT2D eigenvalue weighted by molar-refractivity contribution is 5.99. The van der Waals surface area contributed by atoms with Crippen LogP contribution in [0.3, 0.4) is 0 Å². The maximum atomic E-state index is 5.21. The lowest BCUT2D eigenvalue weighted by Crippen LogP contribution is -2.28. The van der Waals surface area contributed by atoms with Gasteiger partial charge in [0.05, 0.1) is 12.5 Å². The van der Waals surface area contributed by atoms with Crippen molar-refractivity contribution < 1.29 is 4.42 Å². The Hall–Kier alpha value is -2.36. The summed E-state index contributed by atoms with van der Waals surface area (Å²) >= 11 is 0. The monoisotopic (exact) mass is 321 g/mol. The van der Waals surface area contributed by atoms with Gasteiger partial charge >= 0.3 is 0 Å². The number of benzene rings is 1. The van der Waals surface area contributed by atoms with E-state index in [4.69, 9.17) is 4.42 Å². The van der Waals surface area contributed by atoms with Gasteiger partial charge in [0.2, 0.25) is 0 Å². The molecule has 1 fully saturated rings. The van der Waals surface area contributed by atoms with Gasteiger partial charge in [0.1, 0.15) is 5.69 Å². The first-order valence-electron chi connectivity index (χ1n) is 8.87. The molecule has 0 saturated heterocycles. The molecule has 3 aromatic rings. The molecule has 0 amide bonds. The first kappa shape index (κ1) is 15.2. The van der Waals surface area contributed by atoms with Crippen molar-refractivity contribution in [2.75, 3.05) is 5.32 Å². The molecule has 2 heterocycles. The summed E-state index contributed by atoms with van der Waals surface area (Å²) in [5.41, 5.74) is 1.83. The zero-order chi connectivity index (χ0) is 16.4. The summed E-state index contributed by atoms with van der Waals surface area (Å²) in [7, 11) is 0. The molecule has 4 heteroatoms. The third-order valence-corrected chi connectivity index (χ3v) is 5.20. The van der Waals surface area contributed by atoms with Crippen LogP contribution in [-0.4, -0.2) is 16.2 Å². The Kier molecular flexibility index (Phi) is 4.20. The van der Waals surface area contributed by atoms with Gasteiger partial charge in [0.25, 0.3) is 0 Å². The molecule has 0 radical (unpaired) electrons. The molecule has 0 bridgehead atoms. The molecule has 1 atom stereocenters. The van der Waals surface area contributed by atoms with Crippen LogP contribution in [0, 0.1) is 5.92 Å². The highest BCUT2D eigenvalue weighted by atomic mass is 16.3. The summed E-state index contributed by atoms with van der Waals surface area (Å²) in [4.78, 5) is 0. The van der Waals surface area contributed by atoms with Crippen LogP contribution in [0.4, 0.5) is 5.82 Å². The molecular weight excluding hydrogens is 298 g/mol. The van der Waals surface area contributed by atoms with Gasteiger partial charge in [0.15, 0.2) is 5.82 Å². The molecule has 124 valence electrons. The van der Waals surface area contributed by atoms with E-state index in [0.717, 1.165) is 33.8 Å². The topological polar surface area (TPSA) is 51.0 Å². The predicted octanol–water partition coefficient (Wildman–Crippen LogP) is 5.27. The Bertz CT molecular complexity index is 807. The number of fused-ring (bicyclic) bond motifs is 1. The molecule has 0 aliphatic heterocycles. The van der Waals surface area contributed by atoms with Crippen LogP contribution < -0.4 is 5.32 Å². The second-order valence-corrected chi connectivity index (χ2v) is 6.79. The minimum atomic E-state index is 0.419. The first-order chi connectivity index (χ1) is 11.8. The molecule has 1 aromatic carbocycles. The lowest BCUT2D eigenvalue weighted by molar-refractivity contribution is 0.328. The number of aromatic nitrogens is 2. The minimum Gasteiger partial charge on any atom is -0.472 e.